The zero-order valence-corrected chi connectivity index (χ0v) is 18.0. The van der Waals surface area contributed by atoms with E-state index in [9.17, 15) is 9.59 Å². The topological polar surface area (TPSA) is 49.4 Å². The molecule has 6 heteroatoms. The monoisotopic (exact) mass is 420 g/mol. The van der Waals surface area contributed by atoms with Crippen LogP contribution in [0.15, 0.2) is 42.5 Å². The number of aryl methyl sites for hydroxylation is 1. The van der Waals surface area contributed by atoms with Crippen molar-refractivity contribution in [1.82, 2.24) is 10.2 Å². The molecule has 28 heavy (non-hydrogen) atoms. The first-order chi connectivity index (χ1) is 13.3. The van der Waals surface area contributed by atoms with Crippen LogP contribution in [0.3, 0.4) is 0 Å². The van der Waals surface area contributed by atoms with Crippen molar-refractivity contribution in [2.24, 2.45) is 0 Å². The first-order valence-corrected chi connectivity index (χ1v) is 10.1. The number of halogens is 2. The molecule has 0 aromatic heterocycles. The molecule has 0 aliphatic rings. The Hall–Kier alpha value is -2.04. The van der Waals surface area contributed by atoms with E-state index in [0.29, 0.717) is 16.6 Å². The van der Waals surface area contributed by atoms with Crippen LogP contribution in [0.1, 0.15) is 37.0 Å². The summed E-state index contributed by atoms with van der Waals surface area (Å²) in [7, 11) is 0. The summed E-state index contributed by atoms with van der Waals surface area (Å²) in [6, 6.07) is 12.4. The summed E-state index contributed by atoms with van der Waals surface area (Å²) in [5.74, 6) is -0.278. The molecule has 1 unspecified atom stereocenters. The smallest absolute Gasteiger partial charge is 0.242 e. The van der Waals surface area contributed by atoms with Crippen molar-refractivity contribution in [1.29, 1.82) is 0 Å². The van der Waals surface area contributed by atoms with Crippen molar-refractivity contribution in [2.45, 2.75) is 46.2 Å². The molecule has 2 rings (SSSR count). The Morgan fingerprint density at radius 2 is 1.82 bits per heavy atom. The molecule has 0 spiro atoms. The van der Waals surface area contributed by atoms with E-state index >= 15 is 0 Å². The van der Waals surface area contributed by atoms with Crippen molar-refractivity contribution >= 4 is 35.0 Å². The Morgan fingerprint density at radius 3 is 2.46 bits per heavy atom. The molecule has 0 heterocycles. The molecule has 0 aliphatic carbocycles. The third kappa shape index (κ3) is 5.98. The van der Waals surface area contributed by atoms with Gasteiger partial charge in [-0.1, -0.05) is 60.5 Å². The molecule has 0 aliphatic heterocycles. The number of benzene rings is 2. The molecule has 0 saturated carbocycles. The van der Waals surface area contributed by atoms with E-state index in [4.69, 9.17) is 23.2 Å². The van der Waals surface area contributed by atoms with Crippen molar-refractivity contribution in [3.63, 3.8) is 0 Å². The Morgan fingerprint density at radius 1 is 1.11 bits per heavy atom. The van der Waals surface area contributed by atoms with E-state index in [2.05, 4.69) is 5.32 Å². The number of rotatable bonds is 8. The second-order valence-corrected chi connectivity index (χ2v) is 7.65. The summed E-state index contributed by atoms with van der Waals surface area (Å²) in [5, 5.41) is 3.75. The minimum Gasteiger partial charge on any atom is -0.354 e. The molecule has 2 aromatic rings. The lowest BCUT2D eigenvalue weighted by atomic mass is 10.0. The number of hydrogen-bond donors (Lipinski definition) is 1. The molecule has 0 fully saturated rings. The third-order valence-electron chi connectivity index (χ3n) is 4.66. The van der Waals surface area contributed by atoms with Gasteiger partial charge in [-0.05, 0) is 49.1 Å². The lowest BCUT2D eigenvalue weighted by Crippen LogP contribution is -2.48. The molecule has 150 valence electrons. The number of amides is 2. The van der Waals surface area contributed by atoms with Crippen molar-refractivity contribution in [3.8, 4) is 0 Å². The van der Waals surface area contributed by atoms with Crippen LogP contribution in [-0.2, 0) is 22.6 Å². The normalized spacial score (nSPS) is 11.8. The first-order valence-electron chi connectivity index (χ1n) is 9.39. The molecular formula is C22H26Cl2N2O2. The Bertz CT molecular complexity index is 839. The largest absolute Gasteiger partial charge is 0.354 e. The molecule has 1 N–H and O–H groups in total. The average molecular weight is 421 g/mol. The van der Waals surface area contributed by atoms with Gasteiger partial charge in [-0.15, -0.1) is 0 Å². The second-order valence-electron chi connectivity index (χ2n) is 6.84. The van der Waals surface area contributed by atoms with Gasteiger partial charge in [-0.3, -0.25) is 9.59 Å². The lowest BCUT2D eigenvalue weighted by molar-refractivity contribution is -0.140. The quantitative estimate of drug-likeness (QED) is 0.667. The van der Waals surface area contributed by atoms with E-state index in [1.54, 1.807) is 24.0 Å². The maximum Gasteiger partial charge on any atom is 0.242 e. The highest BCUT2D eigenvalue weighted by Crippen LogP contribution is 2.24. The van der Waals surface area contributed by atoms with Crippen molar-refractivity contribution < 1.29 is 9.59 Å². The highest BCUT2D eigenvalue weighted by atomic mass is 35.5. The lowest BCUT2D eigenvalue weighted by Gasteiger charge is -2.29. The molecule has 2 amide bonds. The predicted octanol–water partition coefficient (Wildman–Crippen LogP) is 4.79. The summed E-state index contributed by atoms with van der Waals surface area (Å²) in [6.07, 6.45) is 1.07. The molecule has 2 aromatic carbocycles. The molecule has 0 radical (unpaired) electrons. The van der Waals surface area contributed by atoms with Crippen molar-refractivity contribution in [2.75, 3.05) is 6.54 Å². The van der Waals surface area contributed by atoms with Crippen LogP contribution in [0.2, 0.25) is 10.0 Å². The summed E-state index contributed by atoms with van der Waals surface area (Å²) in [5.41, 5.74) is 2.82. The van der Waals surface area contributed by atoms with Gasteiger partial charge in [0.05, 0.1) is 16.5 Å². The van der Waals surface area contributed by atoms with E-state index in [-0.39, 0.29) is 24.8 Å². The van der Waals surface area contributed by atoms with Gasteiger partial charge in [0.1, 0.15) is 6.04 Å². The maximum atomic E-state index is 13.1. The van der Waals surface area contributed by atoms with E-state index in [1.807, 2.05) is 44.2 Å². The Kier molecular flexibility index (Phi) is 8.34. The Balaban J connectivity index is 2.26. The predicted molar refractivity (Wildman–Crippen MR) is 115 cm³/mol. The van der Waals surface area contributed by atoms with Crippen LogP contribution >= 0.6 is 23.2 Å². The van der Waals surface area contributed by atoms with Gasteiger partial charge in [0, 0.05) is 13.1 Å². The zero-order valence-electron chi connectivity index (χ0n) is 16.5. The fraction of sp³-hybridized carbons (Fsp3) is 0.364. The first kappa shape index (κ1) is 22.3. The number of carbonyl (C=O) groups excluding carboxylic acids is 2. The van der Waals surface area contributed by atoms with Crippen LogP contribution in [0, 0.1) is 6.92 Å². The summed E-state index contributed by atoms with van der Waals surface area (Å²) in [4.78, 5) is 27.2. The maximum absolute atomic E-state index is 13.1. The molecule has 0 bridgehead atoms. The van der Waals surface area contributed by atoms with Crippen LogP contribution in [0.25, 0.3) is 0 Å². The highest BCUT2D eigenvalue weighted by molar-refractivity contribution is 6.42. The number of nitrogens with zero attached hydrogens (tertiary/aromatic N) is 1. The van der Waals surface area contributed by atoms with Crippen LogP contribution in [-0.4, -0.2) is 29.3 Å². The standard InChI is InChI=1S/C22H26Cl2N2O2/c1-4-11-25-22(28)16(3)26(14-17-9-10-19(23)20(24)12-17)21(27)13-18-8-6-5-7-15(18)2/h5-10,12,16H,4,11,13-14H2,1-3H3,(H,25,28). The van der Waals surface area contributed by atoms with Gasteiger partial charge in [0.25, 0.3) is 0 Å². The zero-order chi connectivity index (χ0) is 20.7. The molecule has 4 nitrogen and oxygen atoms in total. The molecular weight excluding hydrogens is 395 g/mol. The van der Waals surface area contributed by atoms with Gasteiger partial charge in [0.2, 0.25) is 11.8 Å². The van der Waals surface area contributed by atoms with Gasteiger partial charge < -0.3 is 10.2 Å². The Labute approximate surface area is 176 Å². The van der Waals surface area contributed by atoms with Gasteiger partial charge in [0.15, 0.2) is 0 Å². The molecule has 0 saturated heterocycles. The average Bonchev–Trinajstić information content (AvgIpc) is 2.68. The van der Waals surface area contributed by atoms with Gasteiger partial charge >= 0.3 is 0 Å². The van der Waals surface area contributed by atoms with Crippen LogP contribution < -0.4 is 5.32 Å². The summed E-state index contributed by atoms with van der Waals surface area (Å²) < 4.78 is 0. The number of carbonyl (C=O) groups is 2. The number of nitrogens with one attached hydrogen (secondary N) is 1. The van der Waals surface area contributed by atoms with E-state index in [0.717, 1.165) is 23.1 Å². The minimum absolute atomic E-state index is 0.112. The van der Waals surface area contributed by atoms with Crippen molar-refractivity contribution in [3.05, 3.63) is 69.2 Å². The number of hydrogen-bond acceptors (Lipinski definition) is 2. The second kappa shape index (κ2) is 10.5. The molecule has 1 atom stereocenters. The van der Waals surface area contributed by atoms with E-state index < -0.39 is 6.04 Å². The minimum atomic E-state index is -0.600. The SMILES string of the molecule is CCCNC(=O)C(C)N(Cc1ccc(Cl)c(Cl)c1)C(=O)Cc1ccccc1C. The third-order valence-corrected chi connectivity index (χ3v) is 5.40. The fourth-order valence-corrected chi connectivity index (χ4v) is 3.21. The summed E-state index contributed by atoms with van der Waals surface area (Å²) in [6.45, 7) is 6.57. The van der Waals surface area contributed by atoms with Gasteiger partial charge in [-0.25, -0.2) is 0 Å². The fourth-order valence-electron chi connectivity index (χ4n) is 2.89. The van der Waals surface area contributed by atoms with Gasteiger partial charge in [-0.2, -0.15) is 0 Å². The van der Waals surface area contributed by atoms with E-state index in [1.165, 1.54) is 0 Å². The summed E-state index contributed by atoms with van der Waals surface area (Å²) >= 11 is 12.1. The highest BCUT2D eigenvalue weighted by Gasteiger charge is 2.26. The van der Waals surface area contributed by atoms with Crippen LogP contribution in [0.4, 0.5) is 0 Å². The van der Waals surface area contributed by atoms with Crippen LogP contribution in [0.5, 0.6) is 0 Å².